The van der Waals surface area contributed by atoms with E-state index in [2.05, 4.69) is 43.4 Å². The lowest BCUT2D eigenvalue weighted by Gasteiger charge is -2.08. The van der Waals surface area contributed by atoms with Crippen LogP contribution in [0.4, 0.5) is 0 Å². The molecule has 0 heterocycles. The molecular weight excluding hydrogens is 264 g/mol. The van der Waals surface area contributed by atoms with Crippen molar-refractivity contribution in [3.8, 4) is 6.07 Å². The molecule has 0 aliphatic heterocycles. The van der Waals surface area contributed by atoms with Crippen LogP contribution in [0.25, 0.3) is 0 Å². The van der Waals surface area contributed by atoms with Crippen molar-refractivity contribution in [1.82, 2.24) is 5.32 Å². The molecule has 2 rings (SSSR count). The van der Waals surface area contributed by atoms with Crippen molar-refractivity contribution in [2.75, 3.05) is 7.05 Å². The van der Waals surface area contributed by atoms with Crippen molar-refractivity contribution < 1.29 is 9.59 Å². The minimum atomic E-state index is -1.18. The molecule has 1 aromatic carbocycles. The van der Waals surface area contributed by atoms with Crippen LogP contribution in [0.5, 0.6) is 0 Å². The van der Waals surface area contributed by atoms with Crippen LogP contribution in [0.15, 0.2) is 24.3 Å². The van der Waals surface area contributed by atoms with E-state index >= 15 is 0 Å². The highest BCUT2D eigenvalue weighted by Crippen LogP contribution is 2.49. The largest absolute Gasteiger partial charge is 0.358 e. The number of nitrogens with zero attached hydrogens (tertiary/aromatic N) is 1. The molecule has 110 valence electrons. The second-order valence-electron chi connectivity index (χ2n) is 5.85. The Labute approximate surface area is 125 Å². The Bertz CT molecular complexity index is 584. The lowest BCUT2D eigenvalue weighted by molar-refractivity contribution is -0.132. The van der Waals surface area contributed by atoms with Gasteiger partial charge in [0, 0.05) is 13.0 Å². The number of rotatable bonds is 5. The third-order valence-electron chi connectivity index (χ3n) is 4.11. The highest BCUT2D eigenvalue weighted by atomic mass is 16.2. The maximum absolute atomic E-state index is 12.2. The van der Waals surface area contributed by atoms with Crippen molar-refractivity contribution in [1.29, 1.82) is 5.26 Å². The number of carbonyl (C=O) groups is 2. The van der Waals surface area contributed by atoms with Crippen LogP contribution in [-0.2, 0) is 9.59 Å². The first kappa shape index (κ1) is 15.2. The minimum Gasteiger partial charge on any atom is -0.358 e. The van der Waals surface area contributed by atoms with Crippen molar-refractivity contribution in [3.63, 3.8) is 0 Å². The fraction of sp³-hybridized carbons (Fsp3) is 0.471. The number of Topliss-reactive ketones (excluding diaryl/α,β-unsaturated/α-hetero) is 1. The van der Waals surface area contributed by atoms with E-state index in [1.54, 1.807) is 0 Å². The summed E-state index contributed by atoms with van der Waals surface area (Å²) in [5, 5.41) is 11.4. The second kappa shape index (κ2) is 6.09. The Morgan fingerprint density at radius 1 is 1.29 bits per heavy atom. The monoisotopic (exact) mass is 284 g/mol. The Balaban J connectivity index is 2.05. The van der Waals surface area contributed by atoms with Crippen LogP contribution in [0, 0.1) is 23.2 Å². The van der Waals surface area contributed by atoms with Gasteiger partial charge in [0.05, 0.1) is 6.07 Å². The molecule has 0 spiro atoms. The van der Waals surface area contributed by atoms with Crippen LogP contribution in [0.2, 0.25) is 0 Å². The lowest BCUT2D eigenvalue weighted by atomic mass is 9.96. The predicted molar refractivity (Wildman–Crippen MR) is 79.6 cm³/mol. The number of benzene rings is 1. The SMILES string of the molecule is CNC(=O)C(C#N)C(=O)C1CC1c1ccc(C(C)C)cc1. The topological polar surface area (TPSA) is 70.0 Å². The predicted octanol–water partition coefficient (Wildman–Crippen LogP) is 2.37. The van der Waals surface area contributed by atoms with E-state index in [-0.39, 0.29) is 17.6 Å². The Morgan fingerprint density at radius 3 is 2.38 bits per heavy atom. The summed E-state index contributed by atoms with van der Waals surface area (Å²) >= 11 is 0. The smallest absolute Gasteiger partial charge is 0.244 e. The van der Waals surface area contributed by atoms with E-state index < -0.39 is 11.8 Å². The van der Waals surface area contributed by atoms with Crippen LogP contribution in [0.3, 0.4) is 0 Å². The highest BCUT2D eigenvalue weighted by Gasteiger charge is 2.47. The van der Waals surface area contributed by atoms with Gasteiger partial charge >= 0.3 is 0 Å². The van der Waals surface area contributed by atoms with Gasteiger partial charge in [-0.2, -0.15) is 5.26 Å². The summed E-state index contributed by atoms with van der Waals surface area (Å²) in [7, 11) is 1.44. The molecule has 0 aromatic heterocycles. The minimum absolute atomic E-state index is 0.152. The summed E-state index contributed by atoms with van der Waals surface area (Å²) < 4.78 is 0. The number of ketones is 1. The van der Waals surface area contributed by atoms with Crippen molar-refractivity contribution in [3.05, 3.63) is 35.4 Å². The number of carbonyl (C=O) groups excluding carboxylic acids is 2. The van der Waals surface area contributed by atoms with Gasteiger partial charge in [-0.05, 0) is 29.4 Å². The second-order valence-corrected chi connectivity index (χ2v) is 5.85. The Morgan fingerprint density at radius 2 is 1.90 bits per heavy atom. The van der Waals surface area contributed by atoms with E-state index in [1.165, 1.54) is 12.6 Å². The van der Waals surface area contributed by atoms with Gasteiger partial charge in [-0.1, -0.05) is 38.1 Å². The summed E-state index contributed by atoms with van der Waals surface area (Å²) in [4.78, 5) is 23.7. The molecule has 0 saturated heterocycles. The zero-order chi connectivity index (χ0) is 15.6. The highest BCUT2D eigenvalue weighted by molar-refractivity contribution is 6.06. The van der Waals surface area contributed by atoms with Crippen LogP contribution in [0.1, 0.15) is 43.2 Å². The molecule has 1 N–H and O–H groups in total. The molecule has 4 nitrogen and oxygen atoms in total. The first-order valence-electron chi connectivity index (χ1n) is 7.24. The molecule has 3 atom stereocenters. The fourth-order valence-electron chi connectivity index (χ4n) is 2.62. The summed E-state index contributed by atoms with van der Waals surface area (Å²) in [5.41, 5.74) is 2.38. The average molecular weight is 284 g/mol. The zero-order valence-corrected chi connectivity index (χ0v) is 12.6. The Kier molecular flexibility index (Phi) is 4.42. The third kappa shape index (κ3) is 3.13. The van der Waals surface area contributed by atoms with Crippen molar-refractivity contribution in [2.45, 2.75) is 32.1 Å². The molecular formula is C17H20N2O2. The van der Waals surface area contributed by atoms with E-state index in [4.69, 9.17) is 5.26 Å². The molecule has 1 aliphatic carbocycles. The molecule has 4 heteroatoms. The summed E-state index contributed by atoms with van der Waals surface area (Å²) in [6.07, 6.45) is 0.731. The van der Waals surface area contributed by atoms with Crippen LogP contribution in [-0.4, -0.2) is 18.7 Å². The lowest BCUT2D eigenvalue weighted by Crippen LogP contribution is -2.33. The molecule has 1 fully saturated rings. The van der Waals surface area contributed by atoms with Gasteiger partial charge in [-0.25, -0.2) is 0 Å². The number of amides is 1. The van der Waals surface area contributed by atoms with Crippen LogP contribution < -0.4 is 5.32 Å². The fourth-order valence-corrected chi connectivity index (χ4v) is 2.62. The quantitative estimate of drug-likeness (QED) is 0.844. The molecule has 1 amide bonds. The molecule has 1 saturated carbocycles. The number of hydrogen-bond acceptors (Lipinski definition) is 3. The molecule has 0 bridgehead atoms. The summed E-state index contributed by atoms with van der Waals surface area (Å²) in [6, 6.07) is 10.1. The summed E-state index contributed by atoms with van der Waals surface area (Å²) in [6.45, 7) is 4.28. The Hall–Kier alpha value is -2.15. The van der Waals surface area contributed by atoms with Gasteiger partial charge in [0.25, 0.3) is 0 Å². The van der Waals surface area contributed by atoms with E-state index in [0.29, 0.717) is 5.92 Å². The van der Waals surface area contributed by atoms with Gasteiger partial charge in [0.1, 0.15) is 0 Å². The number of nitrogens with one attached hydrogen (secondary N) is 1. The maximum Gasteiger partial charge on any atom is 0.244 e. The van der Waals surface area contributed by atoms with Gasteiger partial charge in [0.15, 0.2) is 11.7 Å². The molecule has 1 aromatic rings. The van der Waals surface area contributed by atoms with Gasteiger partial charge in [0.2, 0.25) is 5.91 Å². The van der Waals surface area contributed by atoms with Crippen molar-refractivity contribution >= 4 is 11.7 Å². The normalized spacial score (nSPS) is 21.5. The van der Waals surface area contributed by atoms with Gasteiger partial charge < -0.3 is 5.32 Å². The zero-order valence-electron chi connectivity index (χ0n) is 12.6. The summed E-state index contributed by atoms with van der Waals surface area (Å²) in [5.74, 6) is -1.51. The molecule has 0 radical (unpaired) electrons. The van der Waals surface area contributed by atoms with Gasteiger partial charge in [-0.3, -0.25) is 9.59 Å². The van der Waals surface area contributed by atoms with E-state index in [1.807, 2.05) is 6.07 Å². The number of hydrogen-bond donors (Lipinski definition) is 1. The maximum atomic E-state index is 12.2. The molecule has 3 unspecified atom stereocenters. The standard InChI is InChI=1S/C17H20N2O2/c1-10(2)11-4-6-12(7-5-11)13-8-14(13)16(20)15(9-18)17(21)19-3/h4-7,10,13-15H,8H2,1-3H3,(H,19,21). The van der Waals surface area contributed by atoms with E-state index in [9.17, 15) is 9.59 Å². The average Bonchev–Trinajstić information content (AvgIpc) is 3.28. The number of nitriles is 1. The molecule has 1 aliphatic rings. The van der Waals surface area contributed by atoms with E-state index in [0.717, 1.165) is 12.0 Å². The first-order chi connectivity index (χ1) is 9.99. The first-order valence-corrected chi connectivity index (χ1v) is 7.24. The van der Waals surface area contributed by atoms with Crippen LogP contribution >= 0.6 is 0 Å². The third-order valence-corrected chi connectivity index (χ3v) is 4.11. The van der Waals surface area contributed by atoms with Crippen molar-refractivity contribution in [2.24, 2.45) is 11.8 Å². The van der Waals surface area contributed by atoms with Gasteiger partial charge in [-0.15, -0.1) is 0 Å². The molecule has 21 heavy (non-hydrogen) atoms.